The van der Waals surface area contributed by atoms with Crippen molar-refractivity contribution in [2.24, 2.45) is 28.6 Å². The molecular weight excluding hydrogens is 442 g/mol. The fraction of sp³-hybridized carbons (Fsp3) is 0.862. The van der Waals surface area contributed by atoms with Gasteiger partial charge in [0, 0.05) is 12.0 Å². The van der Waals surface area contributed by atoms with Crippen LogP contribution in [0.4, 0.5) is 0 Å². The lowest BCUT2D eigenvalue weighted by molar-refractivity contribution is -0.239. The number of likely N-dealkylation sites (tertiary alicyclic amines) is 1. The zero-order valence-corrected chi connectivity index (χ0v) is 22.1. The highest BCUT2D eigenvalue weighted by molar-refractivity contribution is 7.08. The van der Waals surface area contributed by atoms with E-state index in [1.807, 2.05) is 0 Å². The first-order chi connectivity index (χ1) is 16.3. The fourth-order valence-corrected chi connectivity index (χ4v) is 10.4. The lowest BCUT2D eigenvalue weighted by Gasteiger charge is -2.64. The molecular formula is C29H45NO3S. The number of hydrogen-bond donors (Lipinski definition) is 2. The van der Waals surface area contributed by atoms with Gasteiger partial charge in [-0.2, -0.15) is 11.3 Å². The zero-order valence-electron chi connectivity index (χ0n) is 21.3. The number of aliphatic hydroxyl groups is 2. The maximum atomic E-state index is 12.4. The third-order valence-corrected chi connectivity index (χ3v) is 12.6. The Labute approximate surface area is 210 Å². The highest BCUT2D eigenvalue weighted by Crippen LogP contribution is 2.71. The highest BCUT2D eigenvalue weighted by atomic mass is 32.1. The van der Waals surface area contributed by atoms with E-state index in [2.05, 4.69) is 35.6 Å². The van der Waals surface area contributed by atoms with E-state index in [-0.39, 0.29) is 0 Å². The van der Waals surface area contributed by atoms with E-state index in [9.17, 15) is 10.2 Å². The molecule has 190 valence electrons. The first kappa shape index (κ1) is 23.9. The molecule has 0 unspecified atom stereocenters. The van der Waals surface area contributed by atoms with Gasteiger partial charge >= 0.3 is 0 Å². The molecule has 0 bridgehead atoms. The Morgan fingerprint density at radius 3 is 2.59 bits per heavy atom. The summed E-state index contributed by atoms with van der Waals surface area (Å²) >= 11 is 1.66. The second kappa shape index (κ2) is 8.55. The lowest BCUT2D eigenvalue weighted by Crippen LogP contribution is -2.64. The Morgan fingerprint density at radius 2 is 1.82 bits per heavy atom. The number of rotatable bonds is 5. The standard InChI is InChI=1S/C29H45NO3S/c1-26-10-7-23(33-17-16-30-14-3-4-15-30)19-21(26)5-6-25-24(26)8-11-27(2)28(31,12-13-29(25,27)32)22-9-18-34-20-22/h9,18,20-21,23-25,31-32H,3-8,10-17,19H2,1-2H3/t21-,23-,24-,25+,26-,27+,28-,29-/m0/s1. The molecule has 1 saturated heterocycles. The van der Waals surface area contributed by atoms with Crippen LogP contribution in [-0.4, -0.2) is 53.1 Å². The van der Waals surface area contributed by atoms with Crippen molar-refractivity contribution in [3.05, 3.63) is 22.4 Å². The number of ether oxygens (including phenoxy) is 1. The van der Waals surface area contributed by atoms with Gasteiger partial charge in [0.1, 0.15) is 0 Å². The molecule has 2 N–H and O–H groups in total. The van der Waals surface area contributed by atoms with E-state index < -0.39 is 16.6 Å². The van der Waals surface area contributed by atoms with Crippen LogP contribution in [0.5, 0.6) is 0 Å². The van der Waals surface area contributed by atoms with Crippen LogP contribution in [0.15, 0.2) is 16.8 Å². The summed E-state index contributed by atoms with van der Waals surface area (Å²) in [6.07, 6.45) is 12.5. The molecule has 0 spiro atoms. The number of fused-ring (bicyclic) bond motifs is 5. The molecule has 4 nitrogen and oxygen atoms in total. The molecule has 34 heavy (non-hydrogen) atoms. The van der Waals surface area contributed by atoms with Crippen molar-refractivity contribution < 1.29 is 14.9 Å². The molecule has 4 saturated carbocycles. The van der Waals surface area contributed by atoms with Crippen molar-refractivity contribution in [1.82, 2.24) is 4.90 Å². The molecule has 0 radical (unpaired) electrons. The van der Waals surface area contributed by atoms with Crippen LogP contribution in [-0.2, 0) is 10.3 Å². The summed E-state index contributed by atoms with van der Waals surface area (Å²) in [4.78, 5) is 2.55. The van der Waals surface area contributed by atoms with Crippen LogP contribution in [0.25, 0.3) is 0 Å². The lowest BCUT2D eigenvalue weighted by atomic mass is 9.43. The van der Waals surface area contributed by atoms with Gasteiger partial charge in [0.25, 0.3) is 0 Å². The fourth-order valence-electron chi connectivity index (χ4n) is 9.67. The molecule has 2 heterocycles. The molecule has 4 aliphatic carbocycles. The first-order valence-corrected chi connectivity index (χ1v) is 15.1. The minimum Gasteiger partial charge on any atom is -0.389 e. The summed E-state index contributed by atoms with van der Waals surface area (Å²) in [5, 5.41) is 28.5. The van der Waals surface area contributed by atoms with E-state index in [4.69, 9.17) is 4.74 Å². The molecule has 1 aliphatic heterocycles. The molecule has 1 aromatic heterocycles. The van der Waals surface area contributed by atoms with Crippen molar-refractivity contribution in [3.63, 3.8) is 0 Å². The van der Waals surface area contributed by atoms with Crippen LogP contribution in [0, 0.1) is 28.6 Å². The van der Waals surface area contributed by atoms with E-state index >= 15 is 0 Å². The SMILES string of the molecule is C[C@]12CC[C@H](OCCN3CCCC3)C[C@@H]1CC[C@@H]1[C@@H]2CC[C@]2(C)[C@@](O)(c3ccsc3)CC[C@]12O. The summed E-state index contributed by atoms with van der Waals surface area (Å²) in [5.74, 6) is 1.59. The predicted octanol–water partition coefficient (Wildman–Crippen LogP) is 5.57. The van der Waals surface area contributed by atoms with Gasteiger partial charge in [-0.3, -0.25) is 0 Å². The molecule has 0 amide bonds. The molecule has 0 aromatic carbocycles. The molecule has 5 aliphatic rings. The molecule has 5 fully saturated rings. The van der Waals surface area contributed by atoms with Crippen LogP contribution in [0.1, 0.15) is 90.0 Å². The van der Waals surface area contributed by atoms with Crippen molar-refractivity contribution >= 4 is 11.3 Å². The Hall–Kier alpha value is -0.460. The minimum atomic E-state index is -0.898. The van der Waals surface area contributed by atoms with Gasteiger partial charge in [-0.15, -0.1) is 0 Å². The normalized spacial score (nSPS) is 48.9. The van der Waals surface area contributed by atoms with E-state index in [1.54, 1.807) is 11.3 Å². The van der Waals surface area contributed by atoms with Crippen LogP contribution >= 0.6 is 11.3 Å². The maximum absolute atomic E-state index is 12.4. The van der Waals surface area contributed by atoms with Crippen molar-refractivity contribution in [2.75, 3.05) is 26.2 Å². The third kappa shape index (κ3) is 3.36. The predicted molar refractivity (Wildman–Crippen MR) is 137 cm³/mol. The summed E-state index contributed by atoms with van der Waals surface area (Å²) in [6.45, 7) is 9.23. The van der Waals surface area contributed by atoms with Gasteiger partial charge in [-0.25, -0.2) is 0 Å². The largest absolute Gasteiger partial charge is 0.389 e. The average molecular weight is 488 g/mol. The van der Waals surface area contributed by atoms with Crippen molar-refractivity contribution in [1.29, 1.82) is 0 Å². The van der Waals surface area contributed by atoms with Crippen molar-refractivity contribution in [2.45, 2.75) is 102 Å². The first-order valence-electron chi connectivity index (χ1n) is 14.1. The monoisotopic (exact) mass is 487 g/mol. The average Bonchev–Trinajstić information content (AvgIpc) is 3.57. The topological polar surface area (TPSA) is 52.9 Å². The highest BCUT2D eigenvalue weighted by Gasteiger charge is 2.72. The molecule has 8 atom stereocenters. The number of thiophene rings is 1. The number of hydrogen-bond acceptors (Lipinski definition) is 5. The van der Waals surface area contributed by atoms with E-state index in [0.717, 1.165) is 44.4 Å². The van der Waals surface area contributed by atoms with E-state index in [1.165, 1.54) is 51.6 Å². The summed E-state index contributed by atoms with van der Waals surface area (Å²) < 4.78 is 6.43. The third-order valence-electron chi connectivity index (χ3n) is 11.9. The smallest absolute Gasteiger partial charge is 0.0986 e. The summed E-state index contributed by atoms with van der Waals surface area (Å²) in [6, 6.07) is 2.08. The molecule has 5 heteroatoms. The van der Waals surface area contributed by atoms with Crippen LogP contribution < -0.4 is 0 Å². The van der Waals surface area contributed by atoms with Gasteiger partial charge in [0.05, 0.1) is 23.9 Å². The van der Waals surface area contributed by atoms with Gasteiger partial charge in [-0.1, -0.05) is 13.8 Å². The maximum Gasteiger partial charge on any atom is 0.0986 e. The van der Waals surface area contributed by atoms with E-state index in [0.29, 0.717) is 35.7 Å². The summed E-state index contributed by atoms with van der Waals surface area (Å²) in [7, 11) is 0. The van der Waals surface area contributed by atoms with Crippen molar-refractivity contribution in [3.8, 4) is 0 Å². The van der Waals surface area contributed by atoms with Gasteiger partial charge in [0.15, 0.2) is 0 Å². The zero-order chi connectivity index (χ0) is 23.6. The van der Waals surface area contributed by atoms with Crippen LogP contribution in [0.2, 0.25) is 0 Å². The van der Waals surface area contributed by atoms with Gasteiger partial charge in [0.2, 0.25) is 0 Å². The Morgan fingerprint density at radius 1 is 1.00 bits per heavy atom. The van der Waals surface area contributed by atoms with Gasteiger partial charge in [-0.05, 0) is 129 Å². The Bertz CT molecular complexity index is 871. The molecule has 1 aromatic rings. The Balaban J connectivity index is 1.16. The Kier molecular flexibility index (Phi) is 6.01. The second-order valence-electron chi connectivity index (χ2n) is 13.0. The quantitative estimate of drug-likeness (QED) is 0.570. The van der Waals surface area contributed by atoms with Crippen LogP contribution in [0.3, 0.4) is 0 Å². The summed E-state index contributed by atoms with van der Waals surface area (Å²) in [5.41, 5.74) is -0.783. The number of nitrogens with zero attached hydrogens (tertiary/aromatic N) is 1. The minimum absolute atomic E-state index is 0.303. The molecule has 6 rings (SSSR count). The van der Waals surface area contributed by atoms with Gasteiger partial charge < -0.3 is 19.8 Å². The second-order valence-corrected chi connectivity index (χ2v) is 13.8.